The highest BCUT2D eigenvalue weighted by Gasteiger charge is 2.11. The van der Waals surface area contributed by atoms with Crippen molar-refractivity contribution in [3.05, 3.63) is 74.2 Å². The minimum absolute atomic E-state index is 0.0707. The van der Waals surface area contributed by atoms with Gasteiger partial charge in [0, 0.05) is 17.7 Å². The number of aromatic nitrogens is 1. The third-order valence-electron chi connectivity index (χ3n) is 3.77. The lowest BCUT2D eigenvalue weighted by atomic mass is 10.0. The SMILES string of the molecule is CC(C)c1ccc(C[NH+](C)Cn2cc([N+](=O)[O-])ccc2=O)cc1. The molecule has 0 spiro atoms. The number of rotatable bonds is 6. The van der Waals surface area contributed by atoms with Crippen LogP contribution in [0.4, 0.5) is 5.69 Å². The van der Waals surface area contributed by atoms with Crippen LogP contribution in [0.3, 0.4) is 0 Å². The Bertz CT molecular complexity index is 735. The molecule has 6 heteroatoms. The summed E-state index contributed by atoms with van der Waals surface area (Å²) in [5.74, 6) is 0.498. The van der Waals surface area contributed by atoms with Crippen LogP contribution in [0, 0.1) is 10.1 Å². The molecule has 0 bridgehead atoms. The van der Waals surface area contributed by atoms with Gasteiger partial charge < -0.3 is 4.90 Å². The highest BCUT2D eigenvalue weighted by Crippen LogP contribution is 2.14. The zero-order chi connectivity index (χ0) is 17.0. The molecule has 0 aliphatic carbocycles. The van der Waals surface area contributed by atoms with Crippen LogP contribution in [0.25, 0.3) is 0 Å². The summed E-state index contributed by atoms with van der Waals surface area (Å²) in [4.78, 5) is 23.2. The van der Waals surface area contributed by atoms with Crippen molar-refractivity contribution < 1.29 is 9.82 Å². The van der Waals surface area contributed by atoms with Crippen LogP contribution in [0.1, 0.15) is 30.9 Å². The van der Waals surface area contributed by atoms with E-state index in [1.54, 1.807) is 0 Å². The average molecular weight is 316 g/mol. The molecule has 1 atom stereocenters. The maximum atomic E-state index is 11.8. The molecule has 2 rings (SSSR count). The number of quaternary nitrogens is 1. The molecule has 23 heavy (non-hydrogen) atoms. The van der Waals surface area contributed by atoms with E-state index in [9.17, 15) is 14.9 Å². The summed E-state index contributed by atoms with van der Waals surface area (Å²) in [6.45, 7) is 5.43. The van der Waals surface area contributed by atoms with Crippen molar-refractivity contribution in [3.63, 3.8) is 0 Å². The standard InChI is InChI=1S/C17H21N3O3/c1-13(2)15-6-4-14(5-7-15)10-18(3)12-19-11-16(20(22)23)8-9-17(19)21/h4-9,11,13H,10,12H2,1-3H3/p+1. The van der Waals surface area contributed by atoms with Gasteiger partial charge in [-0.1, -0.05) is 38.1 Å². The summed E-state index contributed by atoms with van der Waals surface area (Å²) in [5.41, 5.74) is 2.16. The highest BCUT2D eigenvalue weighted by atomic mass is 16.6. The predicted octanol–water partition coefficient (Wildman–Crippen LogP) is 1.55. The van der Waals surface area contributed by atoms with Gasteiger partial charge in [-0.2, -0.15) is 0 Å². The monoisotopic (exact) mass is 316 g/mol. The van der Waals surface area contributed by atoms with E-state index >= 15 is 0 Å². The summed E-state index contributed by atoms with van der Waals surface area (Å²) >= 11 is 0. The lowest BCUT2D eigenvalue weighted by Crippen LogP contribution is -3.07. The molecule has 0 saturated heterocycles. The molecule has 2 aromatic rings. The first-order chi connectivity index (χ1) is 10.9. The van der Waals surface area contributed by atoms with Gasteiger partial charge in [-0.25, -0.2) is 0 Å². The van der Waals surface area contributed by atoms with Crippen LogP contribution in [0.15, 0.2) is 47.4 Å². The Morgan fingerprint density at radius 2 is 1.83 bits per heavy atom. The Labute approximate surface area is 135 Å². The topological polar surface area (TPSA) is 69.6 Å². The Hall–Kier alpha value is -2.47. The van der Waals surface area contributed by atoms with E-state index in [1.165, 1.54) is 34.0 Å². The summed E-state index contributed by atoms with van der Waals surface area (Å²) in [7, 11) is 1.96. The fourth-order valence-corrected chi connectivity index (χ4v) is 2.47. The van der Waals surface area contributed by atoms with Gasteiger partial charge >= 0.3 is 0 Å². The number of nitro groups is 1. The minimum Gasteiger partial charge on any atom is -0.316 e. The van der Waals surface area contributed by atoms with Gasteiger partial charge in [0.05, 0.1) is 18.2 Å². The fourth-order valence-electron chi connectivity index (χ4n) is 2.47. The lowest BCUT2D eigenvalue weighted by Gasteiger charge is -2.16. The van der Waals surface area contributed by atoms with Crippen LogP contribution in [0.2, 0.25) is 0 Å². The van der Waals surface area contributed by atoms with Crippen molar-refractivity contribution in [2.75, 3.05) is 7.05 Å². The number of nitrogens with one attached hydrogen (secondary N) is 1. The van der Waals surface area contributed by atoms with Gasteiger partial charge in [0.1, 0.15) is 6.54 Å². The largest absolute Gasteiger partial charge is 0.316 e. The number of pyridine rings is 1. The Kier molecular flexibility index (Phi) is 5.28. The molecule has 1 aromatic heterocycles. The van der Waals surface area contributed by atoms with Crippen LogP contribution in [-0.2, 0) is 13.2 Å². The van der Waals surface area contributed by atoms with Crippen molar-refractivity contribution in [1.82, 2.24) is 4.57 Å². The second kappa shape index (κ2) is 7.19. The van der Waals surface area contributed by atoms with Crippen molar-refractivity contribution in [2.45, 2.75) is 33.0 Å². The van der Waals surface area contributed by atoms with Crippen LogP contribution >= 0.6 is 0 Å². The summed E-state index contributed by atoms with van der Waals surface area (Å²) in [6, 6.07) is 10.9. The summed E-state index contributed by atoms with van der Waals surface area (Å²) in [5, 5.41) is 10.8. The Morgan fingerprint density at radius 1 is 1.17 bits per heavy atom. The summed E-state index contributed by atoms with van der Waals surface area (Å²) < 4.78 is 1.38. The first-order valence-corrected chi connectivity index (χ1v) is 7.62. The quantitative estimate of drug-likeness (QED) is 0.649. The molecule has 0 amide bonds. The molecule has 0 saturated carbocycles. The average Bonchev–Trinajstić information content (AvgIpc) is 2.49. The van der Waals surface area contributed by atoms with Gasteiger partial charge in [-0.3, -0.25) is 19.5 Å². The van der Waals surface area contributed by atoms with Crippen LogP contribution in [-0.4, -0.2) is 16.5 Å². The van der Waals surface area contributed by atoms with Crippen LogP contribution in [0.5, 0.6) is 0 Å². The normalized spacial score (nSPS) is 12.3. The first-order valence-electron chi connectivity index (χ1n) is 7.62. The highest BCUT2D eigenvalue weighted by molar-refractivity contribution is 5.25. The van der Waals surface area contributed by atoms with Gasteiger partial charge in [-0.15, -0.1) is 0 Å². The first kappa shape index (κ1) is 16.9. The second-order valence-corrected chi connectivity index (χ2v) is 6.14. The van der Waals surface area contributed by atoms with E-state index in [0.29, 0.717) is 12.6 Å². The number of nitrogens with zero attached hydrogens (tertiary/aromatic N) is 2. The molecule has 0 radical (unpaired) electrons. The zero-order valence-electron chi connectivity index (χ0n) is 13.7. The molecule has 0 fully saturated rings. The van der Waals surface area contributed by atoms with Gasteiger partial charge in [0.2, 0.25) is 0 Å². The maximum absolute atomic E-state index is 11.8. The Balaban J connectivity index is 2.07. The third kappa shape index (κ3) is 4.50. The molecule has 1 unspecified atom stereocenters. The van der Waals surface area contributed by atoms with E-state index in [2.05, 4.69) is 38.1 Å². The molecular formula is C17H22N3O3+. The molecule has 122 valence electrons. The maximum Gasteiger partial charge on any atom is 0.285 e. The minimum atomic E-state index is -0.490. The van der Waals surface area contributed by atoms with Crippen molar-refractivity contribution in [3.8, 4) is 0 Å². The van der Waals surface area contributed by atoms with E-state index in [4.69, 9.17) is 0 Å². The molecule has 6 nitrogen and oxygen atoms in total. The Morgan fingerprint density at radius 3 is 2.39 bits per heavy atom. The zero-order valence-corrected chi connectivity index (χ0v) is 13.7. The number of hydrogen-bond acceptors (Lipinski definition) is 3. The van der Waals surface area contributed by atoms with E-state index in [-0.39, 0.29) is 11.2 Å². The predicted molar refractivity (Wildman–Crippen MR) is 88.5 cm³/mol. The molecule has 1 N–H and O–H groups in total. The number of hydrogen-bond donors (Lipinski definition) is 1. The third-order valence-corrected chi connectivity index (χ3v) is 3.77. The summed E-state index contributed by atoms with van der Waals surface area (Å²) in [6.07, 6.45) is 1.30. The lowest BCUT2D eigenvalue weighted by molar-refractivity contribution is -0.917. The van der Waals surface area contributed by atoms with Gasteiger partial charge in [0.15, 0.2) is 6.67 Å². The van der Waals surface area contributed by atoms with Crippen LogP contribution < -0.4 is 10.5 Å². The van der Waals surface area contributed by atoms with Crippen molar-refractivity contribution in [1.29, 1.82) is 0 Å². The molecular weight excluding hydrogens is 294 g/mol. The molecule has 0 aliphatic rings. The van der Waals surface area contributed by atoms with Crippen molar-refractivity contribution >= 4 is 5.69 Å². The van der Waals surface area contributed by atoms with Gasteiger partial charge in [-0.05, 0) is 11.5 Å². The fraction of sp³-hybridized carbons (Fsp3) is 0.353. The number of benzene rings is 1. The second-order valence-electron chi connectivity index (χ2n) is 6.14. The molecule has 0 aliphatic heterocycles. The van der Waals surface area contributed by atoms with Gasteiger partial charge in [0.25, 0.3) is 11.2 Å². The van der Waals surface area contributed by atoms with E-state index < -0.39 is 4.92 Å². The van der Waals surface area contributed by atoms with Crippen molar-refractivity contribution in [2.24, 2.45) is 0 Å². The van der Waals surface area contributed by atoms with E-state index in [1.807, 2.05) is 7.05 Å². The molecule has 1 aromatic carbocycles. The van der Waals surface area contributed by atoms with E-state index in [0.717, 1.165) is 11.4 Å². The smallest absolute Gasteiger partial charge is 0.285 e. The molecule has 1 heterocycles.